The van der Waals surface area contributed by atoms with E-state index >= 15 is 0 Å². The van der Waals surface area contributed by atoms with Crippen LogP contribution in [-0.4, -0.2) is 10.4 Å². The van der Waals surface area contributed by atoms with Crippen LogP contribution in [0.3, 0.4) is 0 Å². The van der Waals surface area contributed by atoms with Crippen LogP contribution in [-0.2, 0) is 6.54 Å². The molecule has 0 fully saturated rings. The molecule has 0 saturated carbocycles. The number of urea groups is 1. The quantitative estimate of drug-likeness (QED) is 0.690. The monoisotopic (exact) mass is 361 g/mol. The first-order valence-electron chi connectivity index (χ1n) is 7.33. The smallest absolute Gasteiger partial charge is 0.326 e. The summed E-state index contributed by atoms with van der Waals surface area (Å²) < 4.78 is 9.87. The van der Waals surface area contributed by atoms with Crippen molar-refractivity contribution < 1.29 is 9.21 Å². The SMILES string of the molecule is Cc1ccc(CN(C(=O)Nc2ccc(Cl)cc2)c2csnc2C)o1. The van der Waals surface area contributed by atoms with E-state index in [2.05, 4.69) is 9.69 Å². The van der Waals surface area contributed by atoms with Gasteiger partial charge in [0.05, 0.1) is 17.9 Å². The molecule has 124 valence electrons. The molecule has 1 aromatic carbocycles. The van der Waals surface area contributed by atoms with Gasteiger partial charge in [-0.25, -0.2) is 4.79 Å². The van der Waals surface area contributed by atoms with Crippen molar-refractivity contribution in [1.29, 1.82) is 0 Å². The third-order valence-corrected chi connectivity index (χ3v) is 4.43. The normalized spacial score (nSPS) is 10.6. The van der Waals surface area contributed by atoms with E-state index in [9.17, 15) is 4.79 Å². The van der Waals surface area contributed by atoms with Crippen molar-refractivity contribution in [3.63, 3.8) is 0 Å². The molecule has 0 radical (unpaired) electrons. The fourth-order valence-electron chi connectivity index (χ4n) is 2.26. The van der Waals surface area contributed by atoms with Crippen LogP contribution in [0.5, 0.6) is 0 Å². The van der Waals surface area contributed by atoms with Crippen molar-refractivity contribution in [3.8, 4) is 0 Å². The standard InChI is InChI=1S/C17H16ClN3O2S/c1-11-3-8-15(23-11)9-21(16-10-24-20-12(16)2)17(22)19-14-6-4-13(18)5-7-14/h3-8,10H,9H2,1-2H3,(H,19,22). The van der Waals surface area contributed by atoms with Gasteiger partial charge in [-0.1, -0.05) is 11.6 Å². The first-order valence-corrected chi connectivity index (χ1v) is 8.55. The lowest BCUT2D eigenvalue weighted by molar-refractivity contribution is 0.256. The van der Waals surface area contributed by atoms with Gasteiger partial charge in [-0.3, -0.25) is 4.90 Å². The molecule has 2 amide bonds. The first-order chi connectivity index (χ1) is 11.5. The number of hydrogen-bond donors (Lipinski definition) is 1. The van der Waals surface area contributed by atoms with E-state index in [0.717, 1.165) is 17.1 Å². The predicted octanol–water partition coefficient (Wildman–Crippen LogP) is 5.25. The highest BCUT2D eigenvalue weighted by Gasteiger charge is 2.21. The molecule has 0 bridgehead atoms. The van der Waals surface area contributed by atoms with Crippen LogP contribution in [0.1, 0.15) is 17.2 Å². The summed E-state index contributed by atoms with van der Waals surface area (Å²) in [7, 11) is 0. The summed E-state index contributed by atoms with van der Waals surface area (Å²) in [6, 6.07) is 10.5. The number of aryl methyl sites for hydroxylation is 2. The van der Waals surface area contributed by atoms with E-state index in [0.29, 0.717) is 23.0 Å². The van der Waals surface area contributed by atoms with E-state index < -0.39 is 0 Å². The van der Waals surface area contributed by atoms with Gasteiger partial charge in [0, 0.05) is 16.1 Å². The Morgan fingerprint density at radius 2 is 2.00 bits per heavy atom. The Bertz CT molecular complexity index is 842. The number of halogens is 1. The number of hydrogen-bond acceptors (Lipinski definition) is 4. The van der Waals surface area contributed by atoms with Crippen LogP contribution < -0.4 is 10.2 Å². The summed E-state index contributed by atoms with van der Waals surface area (Å²) in [5.74, 6) is 1.52. The highest BCUT2D eigenvalue weighted by atomic mass is 35.5. The Balaban J connectivity index is 1.84. The maximum absolute atomic E-state index is 12.8. The van der Waals surface area contributed by atoms with Gasteiger partial charge in [0.1, 0.15) is 11.5 Å². The summed E-state index contributed by atoms with van der Waals surface area (Å²) in [5.41, 5.74) is 2.24. The summed E-state index contributed by atoms with van der Waals surface area (Å²) in [4.78, 5) is 14.4. The fraction of sp³-hybridized carbons (Fsp3) is 0.176. The molecule has 5 nitrogen and oxygen atoms in total. The molecule has 0 spiro atoms. The Morgan fingerprint density at radius 3 is 2.58 bits per heavy atom. The average Bonchev–Trinajstić information content (AvgIpc) is 3.15. The molecule has 0 aliphatic rings. The summed E-state index contributed by atoms with van der Waals surface area (Å²) in [6.45, 7) is 4.08. The van der Waals surface area contributed by atoms with Crippen molar-refractivity contribution in [3.05, 3.63) is 64.0 Å². The van der Waals surface area contributed by atoms with Crippen LogP contribution >= 0.6 is 23.1 Å². The number of carbonyl (C=O) groups excluding carboxylic acids is 1. The number of anilines is 2. The van der Waals surface area contributed by atoms with Crippen molar-refractivity contribution in [2.45, 2.75) is 20.4 Å². The summed E-state index contributed by atoms with van der Waals surface area (Å²) in [5, 5.41) is 5.35. The van der Waals surface area contributed by atoms with Crippen molar-refractivity contribution in [1.82, 2.24) is 4.37 Å². The second kappa shape index (κ2) is 7.07. The zero-order valence-electron chi connectivity index (χ0n) is 13.2. The Labute approximate surface area is 149 Å². The molecule has 2 heterocycles. The number of rotatable bonds is 4. The second-order valence-corrected chi connectivity index (χ2v) is 6.39. The maximum atomic E-state index is 12.8. The molecule has 2 aromatic heterocycles. The number of furan rings is 1. The molecule has 1 N–H and O–H groups in total. The molecule has 3 aromatic rings. The lowest BCUT2D eigenvalue weighted by Gasteiger charge is -2.21. The van der Waals surface area contributed by atoms with Crippen LogP contribution in [0.15, 0.2) is 46.2 Å². The van der Waals surface area contributed by atoms with Gasteiger partial charge in [-0.05, 0) is 61.8 Å². The lowest BCUT2D eigenvalue weighted by Crippen LogP contribution is -2.34. The molecule has 0 saturated heterocycles. The van der Waals surface area contributed by atoms with E-state index in [1.54, 1.807) is 29.2 Å². The molecule has 0 atom stereocenters. The zero-order valence-corrected chi connectivity index (χ0v) is 14.8. The predicted molar refractivity (Wildman–Crippen MR) is 96.9 cm³/mol. The molecule has 0 aliphatic heterocycles. The molecule has 24 heavy (non-hydrogen) atoms. The van der Waals surface area contributed by atoms with Gasteiger partial charge in [0.2, 0.25) is 0 Å². The summed E-state index contributed by atoms with van der Waals surface area (Å²) in [6.07, 6.45) is 0. The van der Waals surface area contributed by atoms with Gasteiger partial charge >= 0.3 is 6.03 Å². The second-order valence-electron chi connectivity index (χ2n) is 5.32. The van der Waals surface area contributed by atoms with Gasteiger partial charge < -0.3 is 9.73 Å². The van der Waals surface area contributed by atoms with Crippen LogP contribution in [0.4, 0.5) is 16.2 Å². The third-order valence-electron chi connectivity index (χ3n) is 3.47. The lowest BCUT2D eigenvalue weighted by atomic mass is 10.3. The minimum atomic E-state index is -0.255. The van der Waals surface area contributed by atoms with Crippen LogP contribution in [0, 0.1) is 13.8 Å². The number of nitrogens with zero attached hydrogens (tertiary/aromatic N) is 2. The third kappa shape index (κ3) is 3.77. The van der Waals surface area contributed by atoms with E-state index in [1.165, 1.54) is 11.5 Å². The Kier molecular flexibility index (Phi) is 4.87. The first kappa shape index (κ1) is 16.5. The highest BCUT2D eigenvalue weighted by Crippen LogP contribution is 2.25. The Hall–Kier alpha value is -2.31. The van der Waals surface area contributed by atoms with Crippen molar-refractivity contribution >= 4 is 40.5 Å². The number of nitrogens with one attached hydrogen (secondary N) is 1. The van der Waals surface area contributed by atoms with E-state index in [-0.39, 0.29) is 6.03 Å². The van der Waals surface area contributed by atoms with Gasteiger partial charge in [0.15, 0.2) is 0 Å². The number of aromatic nitrogens is 1. The highest BCUT2D eigenvalue weighted by molar-refractivity contribution is 7.04. The molecular formula is C17H16ClN3O2S. The van der Waals surface area contributed by atoms with Crippen LogP contribution in [0.25, 0.3) is 0 Å². The molecule has 3 rings (SSSR count). The van der Waals surface area contributed by atoms with Gasteiger partial charge in [-0.15, -0.1) is 0 Å². The minimum Gasteiger partial charge on any atom is -0.464 e. The molecular weight excluding hydrogens is 346 g/mol. The van der Waals surface area contributed by atoms with Crippen molar-refractivity contribution in [2.24, 2.45) is 0 Å². The van der Waals surface area contributed by atoms with Gasteiger partial charge in [0.25, 0.3) is 0 Å². The molecule has 7 heteroatoms. The molecule has 0 aliphatic carbocycles. The Morgan fingerprint density at radius 1 is 1.25 bits per heavy atom. The number of amides is 2. The average molecular weight is 362 g/mol. The molecule has 0 unspecified atom stereocenters. The summed E-state index contributed by atoms with van der Waals surface area (Å²) >= 11 is 7.20. The fourth-order valence-corrected chi connectivity index (χ4v) is 3.09. The topological polar surface area (TPSA) is 58.4 Å². The largest absolute Gasteiger partial charge is 0.464 e. The minimum absolute atomic E-state index is 0.255. The van der Waals surface area contributed by atoms with Crippen LogP contribution in [0.2, 0.25) is 5.02 Å². The van der Waals surface area contributed by atoms with Gasteiger partial charge in [-0.2, -0.15) is 4.37 Å². The number of carbonyl (C=O) groups is 1. The van der Waals surface area contributed by atoms with E-state index in [1.807, 2.05) is 31.4 Å². The maximum Gasteiger partial charge on any atom is 0.326 e. The van der Waals surface area contributed by atoms with E-state index in [4.69, 9.17) is 16.0 Å². The van der Waals surface area contributed by atoms with Crippen molar-refractivity contribution in [2.75, 3.05) is 10.2 Å². The number of benzene rings is 1. The zero-order chi connectivity index (χ0) is 17.1.